The molecule has 2 rings (SSSR count). The van der Waals surface area contributed by atoms with Gasteiger partial charge in [0.15, 0.2) is 0 Å². The molecule has 19 heavy (non-hydrogen) atoms. The third kappa shape index (κ3) is 2.71. The van der Waals surface area contributed by atoms with Crippen molar-refractivity contribution in [2.24, 2.45) is 0 Å². The monoisotopic (exact) mass is 280 g/mol. The van der Waals surface area contributed by atoms with Crippen molar-refractivity contribution in [2.75, 3.05) is 5.73 Å². The molecule has 0 radical (unpaired) electrons. The number of nitrogens with two attached hydrogens (primary N) is 1. The number of hydrogen-bond donors (Lipinski definition) is 1. The van der Waals surface area contributed by atoms with Crippen molar-refractivity contribution < 1.29 is 9.66 Å². The first-order valence-electron chi connectivity index (χ1n) is 5.19. The number of ether oxygens (including phenoxy) is 1. The molecule has 0 aliphatic heterocycles. The van der Waals surface area contributed by atoms with E-state index in [0.717, 1.165) is 0 Å². The van der Waals surface area contributed by atoms with Crippen molar-refractivity contribution in [3.05, 3.63) is 45.1 Å². The SMILES string of the molecule is Cc1cccc([N+](=O)[O-])c1Oc1nc(N)ncc1Cl. The summed E-state index contributed by atoms with van der Waals surface area (Å²) in [5, 5.41) is 11.1. The topological polar surface area (TPSA) is 104 Å². The largest absolute Gasteiger partial charge is 0.430 e. The van der Waals surface area contributed by atoms with Crippen LogP contribution in [0, 0.1) is 17.0 Å². The summed E-state index contributed by atoms with van der Waals surface area (Å²) < 4.78 is 5.41. The van der Waals surface area contributed by atoms with Gasteiger partial charge in [0.2, 0.25) is 17.6 Å². The standard InChI is InChI=1S/C11H9ClN4O3/c1-6-3-2-4-8(16(17)18)9(6)19-10-7(12)5-14-11(13)15-10/h2-5H,1H3,(H2,13,14,15). The van der Waals surface area contributed by atoms with E-state index in [9.17, 15) is 10.1 Å². The molecule has 8 heteroatoms. The number of nitro benzene ring substituents is 1. The van der Waals surface area contributed by atoms with E-state index in [-0.39, 0.29) is 28.3 Å². The van der Waals surface area contributed by atoms with Crippen LogP contribution in [-0.4, -0.2) is 14.9 Å². The van der Waals surface area contributed by atoms with Crippen LogP contribution in [0.15, 0.2) is 24.4 Å². The molecule has 0 aliphatic rings. The van der Waals surface area contributed by atoms with Gasteiger partial charge in [-0.05, 0) is 12.5 Å². The molecular weight excluding hydrogens is 272 g/mol. The number of anilines is 1. The predicted octanol–water partition coefficient (Wildman–Crippen LogP) is 2.72. The van der Waals surface area contributed by atoms with E-state index in [1.165, 1.54) is 12.3 Å². The van der Waals surface area contributed by atoms with Gasteiger partial charge in [0.1, 0.15) is 5.02 Å². The molecule has 0 aliphatic carbocycles. The summed E-state index contributed by atoms with van der Waals surface area (Å²) in [6.45, 7) is 1.68. The summed E-state index contributed by atoms with van der Waals surface area (Å²) in [5.74, 6) is 0.0229. The Bertz CT molecular complexity index is 648. The zero-order valence-corrected chi connectivity index (χ0v) is 10.6. The fourth-order valence-corrected chi connectivity index (χ4v) is 1.58. The third-order valence-corrected chi connectivity index (χ3v) is 2.58. The first kappa shape index (κ1) is 13.0. The van der Waals surface area contributed by atoms with Crippen molar-refractivity contribution in [1.82, 2.24) is 9.97 Å². The molecule has 2 N–H and O–H groups in total. The average Bonchev–Trinajstić information content (AvgIpc) is 2.35. The maximum atomic E-state index is 11.0. The van der Waals surface area contributed by atoms with Crippen LogP contribution in [0.3, 0.4) is 0 Å². The molecule has 0 atom stereocenters. The maximum Gasteiger partial charge on any atom is 0.311 e. The van der Waals surface area contributed by atoms with Gasteiger partial charge < -0.3 is 10.5 Å². The molecule has 0 saturated heterocycles. The molecular formula is C11H9ClN4O3. The Morgan fingerprint density at radius 3 is 2.89 bits per heavy atom. The molecule has 0 amide bonds. The van der Waals surface area contributed by atoms with Gasteiger partial charge in [-0.3, -0.25) is 10.1 Å². The number of halogens is 1. The van der Waals surface area contributed by atoms with Gasteiger partial charge in [0.05, 0.1) is 11.1 Å². The lowest BCUT2D eigenvalue weighted by Gasteiger charge is -2.09. The Balaban J connectivity index is 2.49. The number of nitrogen functional groups attached to an aromatic ring is 1. The van der Waals surface area contributed by atoms with E-state index < -0.39 is 4.92 Å². The lowest BCUT2D eigenvalue weighted by atomic mass is 10.2. The van der Waals surface area contributed by atoms with Crippen LogP contribution in [0.2, 0.25) is 5.02 Å². The Kier molecular flexibility index (Phi) is 3.48. The molecule has 1 heterocycles. The van der Waals surface area contributed by atoms with Crippen LogP contribution < -0.4 is 10.5 Å². The average molecular weight is 281 g/mol. The number of nitrogens with zero attached hydrogens (tertiary/aromatic N) is 3. The molecule has 1 aromatic heterocycles. The Morgan fingerprint density at radius 2 is 2.21 bits per heavy atom. The summed E-state index contributed by atoms with van der Waals surface area (Å²) in [4.78, 5) is 17.9. The van der Waals surface area contributed by atoms with Gasteiger partial charge in [-0.2, -0.15) is 4.98 Å². The van der Waals surface area contributed by atoms with E-state index in [2.05, 4.69) is 9.97 Å². The summed E-state index contributed by atoms with van der Waals surface area (Å²) in [7, 11) is 0. The van der Waals surface area contributed by atoms with Crippen LogP contribution in [0.1, 0.15) is 5.56 Å². The highest BCUT2D eigenvalue weighted by molar-refractivity contribution is 6.31. The first-order chi connectivity index (χ1) is 8.99. The number of aromatic nitrogens is 2. The van der Waals surface area contributed by atoms with Crippen LogP contribution in [0.25, 0.3) is 0 Å². The number of nitro groups is 1. The number of hydrogen-bond acceptors (Lipinski definition) is 6. The van der Waals surface area contributed by atoms with E-state index in [1.54, 1.807) is 19.1 Å². The minimum Gasteiger partial charge on any atom is -0.430 e. The molecule has 98 valence electrons. The van der Waals surface area contributed by atoms with E-state index in [0.29, 0.717) is 5.56 Å². The summed E-state index contributed by atoms with van der Waals surface area (Å²) in [6.07, 6.45) is 1.27. The van der Waals surface area contributed by atoms with E-state index in [4.69, 9.17) is 22.1 Å². The highest BCUT2D eigenvalue weighted by Gasteiger charge is 2.19. The number of benzene rings is 1. The van der Waals surface area contributed by atoms with Crippen molar-refractivity contribution in [3.8, 4) is 11.6 Å². The zero-order valence-electron chi connectivity index (χ0n) is 9.83. The quantitative estimate of drug-likeness (QED) is 0.684. The minimum atomic E-state index is -0.541. The highest BCUT2D eigenvalue weighted by atomic mass is 35.5. The zero-order chi connectivity index (χ0) is 14.0. The van der Waals surface area contributed by atoms with Crippen molar-refractivity contribution in [2.45, 2.75) is 6.92 Å². The Hall–Kier alpha value is -2.41. The summed E-state index contributed by atoms with van der Waals surface area (Å²) in [6, 6.07) is 4.58. The fourth-order valence-electron chi connectivity index (χ4n) is 1.45. The van der Waals surface area contributed by atoms with Crippen LogP contribution in [-0.2, 0) is 0 Å². The maximum absolute atomic E-state index is 11.0. The van der Waals surface area contributed by atoms with Crippen LogP contribution in [0.4, 0.5) is 11.6 Å². The predicted molar refractivity (Wildman–Crippen MR) is 69.4 cm³/mol. The Labute approximate surface area is 113 Å². The van der Waals surface area contributed by atoms with Gasteiger partial charge in [-0.25, -0.2) is 4.98 Å². The minimum absolute atomic E-state index is 0.0217. The van der Waals surface area contributed by atoms with Gasteiger partial charge >= 0.3 is 5.69 Å². The third-order valence-electron chi connectivity index (χ3n) is 2.32. The van der Waals surface area contributed by atoms with E-state index >= 15 is 0 Å². The Morgan fingerprint density at radius 1 is 1.47 bits per heavy atom. The molecule has 1 aromatic carbocycles. The van der Waals surface area contributed by atoms with Crippen molar-refractivity contribution in [1.29, 1.82) is 0 Å². The lowest BCUT2D eigenvalue weighted by Crippen LogP contribution is -2.00. The molecule has 0 bridgehead atoms. The molecule has 0 spiro atoms. The number of aryl methyl sites for hydroxylation is 1. The molecule has 0 unspecified atom stereocenters. The van der Waals surface area contributed by atoms with Gasteiger partial charge in [-0.15, -0.1) is 0 Å². The molecule has 0 saturated carbocycles. The normalized spacial score (nSPS) is 10.2. The molecule has 7 nitrogen and oxygen atoms in total. The second-order valence-corrected chi connectivity index (χ2v) is 4.07. The van der Waals surface area contributed by atoms with Crippen molar-refractivity contribution in [3.63, 3.8) is 0 Å². The van der Waals surface area contributed by atoms with Gasteiger partial charge in [0, 0.05) is 6.07 Å². The van der Waals surface area contributed by atoms with Gasteiger partial charge in [0.25, 0.3) is 0 Å². The second-order valence-electron chi connectivity index (χ2n) is 3.66. The summed E-state index contributed by atoms with van der Waals surface area (Å²) in [5.41, 5.74) is 5.83. The number of rotatable bonds is 3. The first-order valence-corrected chi connectivity index (χ1v) is 5.56. The molecule has 0 fully saturated rings. The van der Waals surface area contributed by atoms with E-state index in [1.807, 2.05) is 0 Å². The second kappa shape index (κ2) is 5.07. The van der Waals surface area contributed by atoms with Crippen molar-refractivity contribution >= 4 is 23.2 Å². The highest BCUT2D eigenvalue weighted by Crippen LogP contribution is 2.35. The fraction of sp³-hybridized carbons (Fsp3) is 0.0909. The number of para-hydroxylation sites is 1. The van der Waals surface area contributed by atoms with Crippen LogP contribution >= 0.6 is 11.6 Å². The van der Waals surface area contributed by atoms with Crippen LogP contribution in [0.5, 0.6) is 11.6 Å². The molecule has 2 aromatic rings. The van der Waals surface area contributed by atoms with Gasteiger partial charge in [-0.1, -0.05) is 23.7 Å². The summed E-state index contributed by atoms with van der Waals surface area (Å²) >= 11 is 5.85. The lowest BCUT2D eigenvalue weighted by molar-refractivity contribution is -0.385. The smallest absolute Gasteiger partial charge is 0.311 e.